The van der Waals surface area contributed by atoms with Crippen molar-refractivity contribution in [1.29, 1.82) is 0 Å². The van der Waals surface area contributed by atoms with E-state index in [0.29, 0.717) is 17.6 Å². The second kappa shape index (κ2) is 3.79. The highest BCUT2D eigenvalue weighted by molar-refractivity contribution is 8.00. The summed E-state index contributed by atoms with van der Waals surface area (Å²) in [6.07, 6.45) is 3.27. The third-order valence-corrected chi connectivity index (χ3v) is 3.97. The zero-order chi connectivity index (χ0) is 8.39. The highest BCUT2D eigenvalue weighted by Gasteiger charge is 2.31. The van der Waals surface area contributed by atoms with E-state index in [-0.39, 0.29) is 5.92 Å². The van der Waals surface area contributed by atoms with Crippen LogP contribution in [0.1, 0.15) is 19.3 Å². The Morgan fingerprint density at radius 3 is 2.92 bits per heavy atom. The first kappa shape index (κ1) is 8.57. The van der Waals surface area contributed by atoms with Crippen LogP contribution in [0.15, 0.2) is 0 Å². The SMILES string of the molecule is O=C(C1CCOC1)C1CCCS1. The molecule has 0 N–H and O–H groups in total. The molecule has 12 heavy (non-hydrogen) atoms. The van der Waals surface area contributed by atoms with E-state index >= 15 is 0 Å². The second-order valence-electron chi connectivity index (χ2n) is 3.46. The molecule has 0 aromatic carbocycles. The van der Waals surface area contributed by atoms with Gasteiger partial charge in [0.1, 0.15) is 0 Å². The molecule has 2 unspecified atom stereocenters. The zero-order valence-corrected chi connectivity index (χ0v) is 7.94. The molecule has 0 aliphatic carbocycles. The Balaban J connectivity index is 1.89. The normalized spacial score (nSPS) is 35.7. The third-order valence-electron chi connectivity index (χ3n) is 2.58. The van der Waals surface area contributed by atoms with Crippen molar-refractivity contribution in [2.75, 3.05) is 19.0 Å². The number of rotatable bonds is 2. The highest BCUT2D eigenvalue weighted by atomic mass is 32.2. The van der Waals surface area contributed by atoms with Crippen LogP contribution in [0, 0.1) is 5.92 Å². The van der Waals surface area contributed by atoms with Gasteiger partial charge < -0.3 is 4.74 Å². The van der Waals surface area contributed by atoms with Crippen LogP contribution in [0.5, 0.6) is 0 Å². The molecular weight excluding hydrogens is 172 g/mol. The topological polar surface area (TPSA) is 26.3 Å². The average Bonchev–Trinajstić information content (AvgIpc) is 2.77. The van der Waals surface area contributed by atoms with E-state index in [0.717, 1.165) is 19.4 Å². The van der Waals surface area contributed by atoms with Gasteiger partial charge in [-0.05, 0) is 25.0 Å². The van der Waals surface area contributed by atoms with Gasteiger partial charge in [0.05, 0.1) is 11.9 Å². The van der Waals surface area contributed by atoms with Gasteiger partial charge in [0.2, 0.25) is 0 Å². The fourth-order valence-electron chi connectivity index (χ4n) is 1.82. The summed E-state index contributed by atoms with van der Waals surface area (Å²) >= 11 is 1.83. The van der Waals surface area contributed by atoms with Gasteiger partial charge in [0.15, 0.2) is 5.78 Å². The largest absolute Gasteiger partial charge is 0.381 e. The molecule has 2 aliphatic heterocycles. The molecule has 0 spiro atoms. The molecule has 2 saturated heterocycles. The van der Waals surface area contributed by atoms with Crippen LogP contribution < -0.4 is 0 Å². The first-order valence-electron chi connectivity index (χ1n) is 4.61. The van der Waals surface area contributed by atoms with Crippen LogP contribution >= 0.6 is 11.8 Å². The number of carbonyl (C=O) groups excluding carboxylic acids is 1. The van der Waals surface area contributed by atoms with Crippen molar-refractivity contribution in [2.24, 2.45) is 5.92 Å². The van der Waals surface area contributed by atoms with Crippen molar-refractivity contribution < 1.29 is 9.53 Å². The first-order valence-corrected chi connectivity index (χ1v) is 5.66. The molecule has 0 radical (unpaired) electrons. The van der Waals surface area contributed by atoms with Crippen LogP contribution in [0.25, 0.3) is 0 Å². The maximum absolute atomic E-state index is 11.7. The summed E-state index contributed by atoms with van der Waals surface area (Å²) in [6, 6.07) is 0. The lowest BCUT2D eigenvalue weighted by Gasteiger charge is -2.11. The lowest BCUT2D eigenvalue weighted by Crippen LogP contribution is -2.24. The molecule has 3 heteroatoms. The Bertz CT molecular complexity index is 151. The van der Waals surface area contributed by atoms with Crippen LogP contribution in [0.2, 0.25) is 0 Å². The quantitative estimate of drug-likeness (QED) is 0.653. The van der Waals surface area contributed by atoms with E-state index in [4.69, 9.17) is 4.74 Å². The number of thioether (sulfide) groups is 1. The minimum Gasteiger partial charge on any atom is -0.381 e. The maximum Gasteiger partial charge on any atom is 0.151 e. The lowest BCUT2D eigenvalue weighted by molar-refractivity contribution is -0.122. The zero-order valence-electron chi connectivity index (χ0n) is 7.12. The fourth-order valence-corrected chi connectivity index (χ4v) is 3.13. The predicted molar refractivity (Wildman–Crippen MR) is 49.4 cm³/mol. The van der Waals surface area contributed by atoms with Crippen molar-refractivity contribution in [3.8, 4) is 0 Å². The van der Waals surface area contributed by atoms with E-state index in [9.17, 15) is 4.79 Å². The van der Waals surface area contributed by atoms with E-state index in [1.165, 1.54) is 12.2 Å². The van der Waals surface area contributed by atoms with Gasteiger partial charge in [-0.3, -0.25) is 4.79 Å². The Hall–Kier alpha value is -0.0200. The molecule has 2 nitrogen and oxygen atoms in total. The van der Waals surface area contributed by atoms with E-state index in [2.05, 4.69) is 0 Å². The predicted octanol–water partition coefficient (Wildman–Crippen LogP) is 1.49. The number of Topliss-reactive ketones (excluding diaryl/α,β-unsaturated/α-hetero) is 1. The molecule has 2 aliphatic rings. The highest BCUT2D eigenvalue weighted by Crippen LogP contribution is 2.30. The Morgan fingerprint density at radius 1 is 1.42 bits per heavy atom. The number of hydrogen-bond donors (Lipinski definition) is 0. The second-order valence-corrected chi connectivity index (χ2v) is 4.78. The number of hydrogen-bond acceptors (Lipinski definition) is 3. The van der Waals surface area contributed by atoms with Gasteiger partial charge in [-0.1, -0.05) is 0 Å². The summed E-state index contributed by atoms with van der Waals surface area (Å²) in [5.41, 5.74) is 0. The van der Waals surface area contributed by atoms with E-state index in [1.54, 1.807) is 0 Å². The summed E-state index contributed by atoms with van der Waals surface area (Å²) in [5, 5.41) is 0.302. The summed E-state index contributed by atoms with van der Waals surface area (Å²) in [4.78, 5) is 11.7. The molecule has 2 heterocycles. The van der Waals surface area contributed by atoms with Crippen molar-refractivity contribution in [1.82, 2.24) is 0 Å². The molecule has 0 amide bonds. The van der Waals surface area contributed by atoms with Crippen LogP contribution in [0.3, 0.4) is 0 Å². The van der Waals surface area contributed by atoms with Gasteiger partial charge in [0, 0.05) is 12.5 Å². The number of ether oxygens (including phenoxy) is 1. The molecule has 2 atom stereocenters. The van der Waals surface area contributed by atoms with E-state index in [1.807, 2.05) is 11.8 Å². The number of ketones is 1. The van der Waals surface area contributed by atoms with Crippen molar-refractivity contribution in [3.63, 3.8) is 0 Å². The Morgan fingerprint density at radius 2 is 2.33 bits per heavy atom. The molecule has 0 aromatic heterocycles. The lowest BCUT2D eigenvalue weighted by atomic mass is 9.99. The minimum absolute atomic E-state index is 0.223. The molecule has 0 bridgehead atoms. The molecule has 2 fully saturated rings. The standard InChI is InChI=1S/C9H14O2S/c10-9(7-3-4-11-6-7)8-2-1-5-12-8/h7-8H,1-6H2. The van der Waals surface area contributed by atoms with Crippen molar-refractivity contribution in [2.45, 2.75) is 24.5 Å². The van der Waals surface area contributed by atoms with Crippen molar-refractivity contribution in [3.05, 3.63) is 0 Å². The van der Waals surface area contributed by atoms with Gasteiger partial charge in [-0.25, -0.2) is 0 Å². The molecular formula is C9H14O2S. The van der Waals surface area contributed by atoms with Crippen molar-refractivity contribution >= 4 is 17.5 Å². The van der Waals surface area contributed by atoms with Crippen LogP contribution in [-0.4, -0.2) is 30.0 Å². The third kappa shape index (κ3) is 1.67. The Labute approximate surface area is 77.0 Å². The smallest absolute Gasteiger partial charge is 0.151 e. The maximum atomic E-state index is 11.7. The monoisotopic (exact) mass is 186 g/mol. The number of carbonyl (C=O) groups is 1. The summed E-state index contributed by atoms with van der Waals surface area (Å²) in [6.45, 7) is 1.46. The summed E-state index contributed by atoms with van der Waals surface area (Å²) in [5.74, 6) is 1.85. The summed E-state index contributed by atoms with van der Waals surface area (Å²) < 4.78 is 5.21. The van der Waals surface area contributed by atoms with Gasteiger partial charge in [-0.2, -0.15) is 11.8 Å². The minimum atomic E-state index is 0.223. The molecule has 2 rings (SSSR count). The van der Waals surface area contributed by atoms with Crippen LogP contribution in [-0.2, 0) is 9.53 Å². The first-order chi connectivity index (χ1) is 5.88. The fraction of sp³-hybridized carbons (Fsp3) is 0.889. The van der Waals surface area contributed by atoms with Gasteiger partial charge >= 0.3 is 0 Å². The summed E-state index contributed by atoms with van der Waals surface area (Å²) in [7, 11) is 0. The molecule has 0 saturated carbocycles. The van der Waals surface area contributed by atoms with Gasteiger partial charge in [-0.15, -0.1) is 0 Å². The average molecular weight is 186 g/mol. The molecule has 0 aromatic rings. The van der Waals surface area contributed by atoms with Crippen LogP contribution in [0.4, 0.5) is 0 Å². The Kier molecular flexibility index (Phi) is 2.71. The van der Waals surface area contributed by atoms with Gasteiger partial charge in [0.25, 0.3) is 0 Å². The molecule has 68 valence electrons. The van der Waals surface area contributed by atoms with E-state index < -0.39 is 0 Å².